The zero-order valence-electron chi connectivity index (χ0n) is 11.7. The van der Waals surface area contributed by atoms with Crippen LogP contribution in [-0.2, 0) is 9.59 Å². The minimum absolute atomic E-state index is 0.0231. The number of hydrogen-bond acceptors (Lipinski definition) is 2. The zero-order chi connectivity index (χ0) is 14.5. The highest BCUT2D eigenvalue weighted by Gasteiger charge is 2.27. The topological polar surface area (TPSA) is 66.4 Å². The van der Waals surface area contributed by atoms with E-state index in [-0.39, 0.29) is 23.8 Å². The Kier molecular flexibility index (Phi) is 4.77. The molecule has 4 nitrogen and oxygen atoms in total. The van der Waals surface area contributed by atoms with Gasteiger partial charge in [-0.1, -0.05) is 30.3 Å². The van der Waals surface area contributed by atoms with Gasteiger partial charge >= 0.3 is 5.97 Å². The average molecular weight is 275 g/mol. The number of carbonyl (C=O) groups is 2. The van der Waals surface area contributed by atoms with Gasteiger partial charge in [0, 0.05) is 6.04 Å². The maximum absolute atomic E-state index is 12.2. The maximum atomic E-state index is 12.2. The van der Waals surface area contributed by atoms with Crippen LogP contribution < -0.4 is 5.32 Å². The maximum Gasteiger partial charge on any atom is 0.306 e. The molecule has 0 bridgehead atoms. The highest BCUT2D eigenvalue weighted by atomic mass is 16.4. The minimum atomic E-state index is -0.715. The lowest BCUT2D eigenvalue weighted by Gasteiger charge is -2.27. The summed E-state index contributed by atoms with van der Waals surface area (Å²) in [5.41, 5.74) is 1.00. The van der Waals surface area contributed by atoms with Crippen molar-refractivity contribution >= 4 is 11.9 Å². The van der Waals surface area contributed by atoms with E-state index in [1.807, 2.05) is 37.3 Å². The Labute approximate surface area is 119 Å². The van der Waals surface area contributed by atoms with E-state index in [1.165, 1.54) is 0 Å². The van der Waals surface area contributed by atoms with Gasteiger partial charge in [0.2, 0.25) is 5.91 Å². The summed E-state index contributed by atoms with van der Waals surface area (Å²) >= 11 is 0. The summed E-state index contributed by atoms with van der Waals surface area (Å²) in [7, 11) is 0. The van der Waals surface area contributed by atoms with E-state index >= 15 is 0 Å². The molecule has 2 N–H and O–H groups in total. The second kappa shape index (κ2) is 6.55. The molecule has 1 fully saturated rings. The fraction of sp³-hybridized carbons (Fsp3) is 0.500. The average Bonchev–Trinajstić information content (AvgIpc) is 2.48. The van der Waals surface area contributed by atoms with E-state index in [0.29, 0.717) is 12.8 Å². The molecule has 1 aromatic carbocycles. The summed E-state index contributed by atoms with van der Waals surface area (Å²) in [5.74, 6) is -1.11. The van der Waals surface area contributed by atoms with Gasteiger partial charge in [0.15, 0.2) is 0 Å². The number of aliphatic carboxylic acids is 1. The van der Waals surface area contributed by atoms with Crippen LogP contribution in [0.1, 0.15) is 44.1 Å². The summed E-state index contributed by atoms with van der Waals surface area (Å²) in [6.45, 7) is 1.90. The van der Waals surface area contributed by atoms with Crippen LogP contribution in [0.2, 0.25) is 0 Å². The van der Waals surface area contributed by atoms with Crippen LogP contribution in [0.15, 0.2) is 30.3 Å². The molecule has 0 spiro atoms. The third-order valence-corrected chi connectivity index (χ3v) is 4.12. The molecule has 108 valence electrons. The lowest BCUT2D eigenvalue weighted by atomic mass is 9.86. The molecular formula is C16H21NO3. The van der Waals surface area contributed by atoms with E-state index in [2.05, 4.69) is 5.32 Å². The van der Waals surface area contributed by atoms with Gasteiger partial charge < -0.3 is 10.4 Å². The van der Waals surface area contributed by atoms with E-state index in [9.17, 15) is 9.59 Å². The third kappa shape index (κ3) is 3.59. The van der Waals surface area contributed by atoms with Gasteiger partial charge in [0.1, 0.15) is 0 Å². The quantitative estimate of drug-likeness (QED) is 0.887. The molecule has 1 aliphatic rings. The van der Waals surface area contributed by atoms with Crippen LogP contribution in [0.5, 0.6) is 0 Å². The number of carboxylic acid groups (broad SMARTS) is 1. The first-order valence-corrected chi connectivity index (χ1v) is 7.16. The molecule has 1 saturated carbocycles. The van der Waals surface area contributed by atoms with Gasteiger partial charge in [-0.05, 0) is 38.2 Å². The molecule has 2 rings (SSSR count). The van der Waals surface area contributed by atoms with Crippen LogP contribution in [0.4, 0.5) is 0 Å². The van der Waals surface area contributed by atoms with Gasteiger partial charge in [-0.2, -0.15) is 0 Å². The molecule has 1 aromatic rings. The molecular weight excluding hydrogens is 254 g/mol. The van der Waals surface area contributed by atoms with Crippen molar-refractivity contribution < 1.29 is 14.7 Å². The Morgan fingerprint density at radius 3 is 2.30 bits per heavy atom. The fourth-order valence-corrected chi connectivity index (χ4v) is 2.70. The molecule has 1 atom stereocenters. The number of benzene rings is 1. The number of nitrogens with one attached hydrogen (secondary N) is 1. The van der Waals surface area contributed by atoms with Crippen LogP contribution in [0.3, 0.4) is 0 Å². The smallest absolute Gasteiger partial charge is 0.306 e. The predicted molar refractivity (Wildman–Crippen MR) is 76.4 cm³/mol. The Balaban J connectivity index is 1.85. The molecule has 0 aromatic heterocycles. The van der Waals surface area contributed by atoms with Crippen LogP contribution in [0.25, 0.3) is 0 Å². The van der Waals surface area contributed by atoms with Crippen LogP contribution in [0, 0.1) is 5.92 Å². The molecule has 0 saturated heterocycles. The second-order valence-corrected chi connectivity index (χ2v) is 5.53. The highest BCUT2D eigenvalue weighted by molar-refractivity contribution is 5.83. The first kappa shape index (κ1) is 14.6. The van der Waals surface area contributed by atoms with Gasteiger partial charge in [-0.25, -0.2) is 0 Å². The summed E-state index contributed by atoms with van der Waals surface area (Å²) in [4.78, 5) is 23.1. The van der Waals surface area contributed by atoms with Crippen molar-refractivity contribution in [2.45, 2.75) is 44.6 Å². The van der Waals surface area contributed by atoms with Crippen molar-refractivity contribution in [3.63, 3.8) is 0 Å². The minimum Gasteiger partial charge on any atom is -0.481 e. The number of hydrogen-bond donors (Lipinski definition) is 2. The lowest BCUT2D eigenvalue weighted by Crippen LogP contribution is -2.40. The van der Waals surface area contributed by atoms with Crippen molar-refractivity contribution in [2.75, 3.05) is 0 Å². The Morgan fingerprint density at radius 1 is 1.15 bits per heavy atom. The molecule has 1 amide bonds. The van der Waals surface area contributed by atoms with Gasteiger partial charge in [0.25, 0.3) is 0 Å². The molecule has 4 heteroatoms. The summed E-state index contributed by atoms with van der Waals surface area (Å²) in [6, 6.07) is 9.80. The Hall–Kier alpha value is -1.84. The molecule has 1 aliphatic carbocycles. The number of rotatable bonds is 4. The SMILES string of the molecule is C[C@H](C(=O)NC1CCC(C(=O)O)CC1)c1ccccc1. The lowest BCUT2D eigenvalue weighted by molar-refractivity contribution is -0.142. The van der Waals surface area contributed by atoms with Gasteiger partial charge in [0.05, 0.1) is 11.8 Å². The van der Waals surface area contributed by atoms with E-state index < -0.39 is 5.97 Å². The molecule has 0 heterocycles. The monoisotopic (exact) mass is 275 g/mol. The molecule has 0 aliphatic heterocycles. The largest absolute Gasteiger partial charge is 0.481 e. The van der Waals surface area contributed by atoms with E-state index in [0.717, 1.165) is 18.4 Å². The van der Waals surface area contributed by atoms with E-state index in [1.54, 1.807) is 0 Å². The van der Waals surface area contributed by atoms with Crippen LogP contribution >= 0.6 is 0 Å². The number of carboxylic acids is 1. The molecule has 20 heavy (non-hydrogen) atoms. The van der Waals surface area contributed by atoms with E-state index in [4.69, 9.17) is 5.11 Å². The van der Waals surface area contributed by atoms with Gasteiger partial charge in [-0.3, -0.25) is 9.59 Å². The first-order chi connectivity index (χ1) is 9.58. The number of carbonyl (C=O) groups excluding carboxylic acids is 1. The van der Waals surface area contributed by atoms with Crippen LogP contribution in [-0.4, -0.2) is 23.0 Å². The molecule has 0 unspecified atom stereocenters. The normalized spacial score (nSPS) is 23.9. The summed E-state index contributed by atoms with van der Waals surface area (Å²) in [6.07, 6.45) is 2.81. The molecule has 0 radical (unpaired) electrons. The number of amides is 1. The second-order valence-electron chi connectivity index (χ2n) is 5.53. The fourth-order valence-electron chi connectivity index (χ4n) is 2.70. The van der Waals surface area contributed by atoms with Crippen molar-refractivity contribution in [3.8, 4) is 0 Å². The first-order valence-electron chi connectivity index (χ1n) is 7.16. The third-order valence-electron chi connectivity index (χ3n) is 4.12. The summed E-state index contributed by atoms with van der Waals surface area (Å²) < 4.78 is 0. The van der Waals surface area contributed by atoms with Crippen molar-refractivity contribution in [1.29, 1.82) is 0 Å². The van der Waals surface area contributed by atoms with Crippen molar-refractivity contribution in [1.82, 2.24) is 5.32 Å². The standard InChI is InChI=1S/C16H21NO3/c1-11(12-5-3-2-4-6-12)15(18)17-14-9-7-13(8-10-14)16(19)20/h2-6,11,13-14H,7-10H2,1H3,(H,17,18)(H,19,20)/t11-,13?,14?/m0/s1. The van der Waals surface area contributed by atoms with Crippen molar-refractivity contribution in [3.05, 3.63) is 35.9 Å². The Morgan fingerprint density at radius 2 is 1.75 bits per heavy atom. The Bertz CT molecular complexity index is 464. The zero-order valence-corrected chi connectivity index (χ0v) is 11.7. The van der Waals surface area contributed by atoms with Gasteiger partial charge in [-0.15, -0.1) is 0 Å². The predicted octanol–water partition coefficient (Wildman–Crippen LogP) is 2.55. The summed E-state index contributed by atoms with van der Waals surface area (Å²) in [5, 5.41) is 12.0. The highest BCUT2D eigenvalue weighted by Crippen LogP contribution is 2.25. The van der Waals surface area contributed by atoms with Crippen molar-refractivity contribution in [2.24, 2.45) is 5.92 Å².